The molecule has 1 N–H and O–H groups in total. The summed E-state index contributed by atoms with van der Waals surface area (Å²) in [7, 11) is 0. The Morgan fingerprint density at radius 3 is 2.17 bits per heavy atom. The van der Waals surface area contributed by atoms with E-state index in [0.29, 0.717) is 12.5 Å². The fraction of sp³-hybridized carbons (Fsp3) is 0.882. The second-order valence-corrected chi connectivity index (χ2v) is 7.08. The van der Waals surface area contributed by atoms with E-state index in [4.69, 9.17) is 0 Å². The summed E-state index contributed by atoms with van der Waals surface area (Å²) in [4.78, 5) is 30.3. The molecule has 6 nitrogen and oxygen atoms in total. The predicted octanol–water partition coefficient (Wildman–Crippen LogP) is 0.530. The molecule has 2 rings (SSSR count). The molecular formula is C17H32N4O2. The van der Waals surface area contributed by atoms with Crippen LogP contribution < -0.4 is 5.32 Å². The Bertz CT molecular complexity index is 397. The maximum absolute atomic E-state index is 12.3. The minimum absolute atomic E-state index is 0.0234. The van der Waals surface area contributed by atoms with Crippen LogP contribution in [0, 0.1) is 0 Å². The van der Waals surface area contributed by atoms with E-state index >= 15 is 0 Å². The summed E-state index contributed by atoms with van der Waals surface area (Å²) in [5.41, 5.74) is 0. The smallest absolute Gasteiger partial charge is 0.223 e. The van der Waals surface area contributed by atoms with Crippen LogP contribution in [0.4, 0.5) is 0 Å². The average Bonchev–Trinajstić information content (AvgIpc) is 2.53. The number of piperidine rings is 1. The van der Waals surface area contributed by atoms with Crippen LogP contribution in [0.3, 0.4) is 0 Å². The first-order valence-corrected chi connectivity index (χ1v) is 8.97. The van der Waals surface area contributed by atoms with Gasteiger partial charge < -0.3 is 15.1 Å². The summed E-state index contributed by atoms with van der Waals surface area (Å²) in [5, 5.41) is 2.95. The largest absolute Gasteiger partial charge is 0.353 e. The number of carbonyl (C=O) groups excluding carboxylic acids is 2. The average molecular weight is 324 g/mol. The number of hydrogen-bond acceptors (Lipinski definition) is 4. The highest BCUT2D eigenvalue weighted by atomic mass is 16.2. The third-order valence-electron chi connectivity index (χ3n) is 5.03. The molecule has 0 aromatic heterocycles. The molecule has 2 aliphatic heterocycles. The topological polar surface area (TPSA) is 55.9 Å². The molecular weight excluding hydrogens is 292 g/mol. The van der Waals surface area contributed by atoms with Crippen LogP contribution in [0.1, 0.15) is 40.0 Å². The highest BCUT2D eigenvalue weighted by molar-refractivity contribution is 5.76. The van der Waals surface area contributed by atoms with Crippen molar-refractivity contribution in [3.8, 4) is 0 Å². The fourth-order valence-corrected chi connectivity index (χ4v) is 3.48. The number of carbonyl (C=O) groups is 2. The number of nitrogens with one attached hydrogen (secondary N) is 1. The Labute approximate surface area is 140 Å². The predicted molar refractivity (Wildman–Crippen MR) is 91.2 cm³/mol. The Hall–Kier alpha value is -1.14. The quantitative estimate of drug-likeness (QED) is 0.801. The minimum atomic E-state index is 0.0234. The number of rotatable bonds is 5. The van der Waals surface area contributed by atoms with Gasteiger partial charge in [-0.1, -0.05) is 0 Å². The summed E-state index contributed by atoms with van der Waals surface area (Å²) in [6.45, 7) is 12.8. The van der Waals surface area contributed by atoms with Gasteiger partial charge in [-0.25, -0.2) is 0 Å². The molecule has 2 aliphatic rings. The summed E-state index contributed by atoms with van der Waals surface area (Å²) in [5.74, 6) is 0.285. The van der Waals surface area contributed by atoms with E-state index in [1.807, 2.05) is 4.90 Å². The number of piperazine rings is 1. The van der Waals surface area contributed by atoms with Crippen molar-refractivity contribution < 1.29 is 9.59 Å². The van der Waals surface area contributed by atoms with Crippen LogP contribution in [0.2, 0.25) is 0 Å². The molecule has 0 aromatic rings. The monoisotopic (exact) mass is 324 g/mol. The molecule has 2 heterocycles. The lowest BCUT2D eigenvalue weighted by Gasteiger charge is -2.37. The van der Waals surface area contributed by atoms with E-state index in [2.05, 4.69) is 29.0 Å². The molecule has 0 radical (unpaired) electrons. The molecule has 0 bridgehead atoms. The normalized spacial score (nSPS) is 21.7. The van der Waals surface area contributed by atoms with Gasteiger partial charge in [-0.3, -0.25) is 14.5 Å². The molecule has 2 amide bonds. The van der Waals surface area contributed by atoms with E-state index in [-0.39, 0.29) is 17.9 Å². The van der Waals surface area contributed by atoms with Crippen LogP contribution in [-0.4, -0.2) is 84.4 Å². The third kappa shape index (κ3) is 5.77. The zero-order valence-corrected chi connectivity index (χ0v) is 14.9. The molecule has 23 heavy (non-hydrogen) atoms. The van der Waals surface area contributed by atoms with Gasteiger partial charge in [-0.15, -0.1) is 0 Å². The standard InChI is InChI=1S/C17H32N4O2/c1-14(2)20-12-10-19(11-13-20)7-6-17(23)21-8-4-16(5-9-21)18-15(3)22/h14,16H,4-13H2,1-3H3,(H,18,22). The Morgan fingerprint density at radius 2 is 1.65 bits per heavy atom. The van der Waals surface area contributed by atoms with E-state index in [9.17, 15) is 9.59 Å². The number of likely N-dealkylation sites (tertiary alicyclic amines) is 1. The van der Waals surface area contributed by atoms with Crippen LogP contribution in [0.5, 0.6) is 0 Å². The van der Waals surface area contributed by atoms with Gasteiger partial charge >= 0.3 is 0 Å². The Kier molecular flexibility index (Phi) is 6.84. The molecule has 132 valence electrons. The summed E-state index contributed by atoms with van der Waals surface area (Å²) < 4.78 is 0. The van der Waals surface area contributed by atoms with E-state index in [1.165, 1.54) is 0 Å². The number of hydrogen-bond donors (Lipinski definition) is 1. The second-order valence-electron chi connectivity index (χ2n) is 7.08. The lowest BCUT2D eigenvalue weighted by molar-refractivity contribution is -0.132. The molecule has 2 saturated heterocycles. The van der Waals surface area contributed by atoms with E-state index in [1.54, 1.807) is 6.92 Å². The van der Waals surface area contributed by atoms with Crippen molar-refractivity contribution in [2.45, 2.75) is 52.1 Å². The highest BCUT2D eigenvalue weighted by Crippen LogP contribution is 2.12. The van der Waals surface area contributed by atoms with Crippen molar-refractivity contribution in [2.24, 2.45) is 0 Å². The third-order valence-corrected chi connectivity index (χ3v) is 5.03. The molecule has 6 heteroatoms. The van der Waals surface area contributed by atoms with Gasteiger partial charge in [-0.05, 0) is 26.7 Å². The van der Waals surface area contributed by atoms with Gasteiger partial charge in [0.1, 0.15) is 0 Å². The van der Waals surface area contributed by atoms with E-state index < -0.39 is 0 Å². The summed E-state index contributed by atoms with van der Waals surface area (Å²) >= 11 is 0. The SMILES string of the molecule is CC(=O)NC1CCN(C(=O)CCN2CCN(C(C)C)CC2)CC1. The van der Waals surface area contributed by atoms with Gasteiger partial charge in [0, 0.05) is 71.2 Å². The first-order valence-electron chi connectivity index (χ1n) is 8.97. The lowest BCUT2D eigenvalue weighted by Crippen LogP contribution is -2.50. The zero-order chi connectivity index (χ0) is 16.8. The van der Waals surface area contributed by atoms with Crippen molar-refractivity contribution >= 4 is 11.8 Å². The van der Waals surface area contributed by atoms with Gasteiger partial charge in [0.05, 0.1) is 0 Å². The van der Waals surface area contributed by atoms with Crippen molar-refractivity contribution in [2.75, 3.05) is 45.8 Å². The van der Waals surface area contributed by atoms with Gasteiger partial charge in [0.2, 0.25) is 11.8 Å². The summed E-state index contributed by atoms with van der Waals surface area (Å²) in [6.07, 6.45) is 2.36. The molecule has 0 spiro atoms. The number of nitrogens with zero attached hydrogens (tertiary/aromatic N) is 3. The minimum Gasteiger partial charge on any atom is -0.353 e. The first kappa shape index (κ1) is 18.2. The Balaban J connectivity index is 1.63. The zero-order valence-electron chi connectivity index (χ0n) is 14.9. The van der Waals surface area contributed by atoms with Gasteiger partial charge in [-0.2, -0.15) is 0 Å². The van der Waals surface area contributed by atoms with Gasteiger partial charge in [0.15, 0.2) is 0 Å². The van der Waals surface area contributed by atoms with Crippen molar-refractivity contribution in [1.29, 1.82) is 0 Å². The van der Waals surface area contributed by atoms with Gasteiger partial charge in [0.25, 0.3) is 0 Å². The lowest BCUT2D eigenvalue weighted by atomic mass is 10.0. The van der Waals surface area contributed by atoms with E-state index in [0.717, 1.165) is 58.7 Å². The second kappa shape index (κ2) is 8.64. The highest BCUT2D eigenvalue weighted by Gasteiger charge is 2.24. The van der Waals surface area contributed by atoms with Crippen LogP contribution in [-0.2, 0) is 9.59 Å². The Morgan fingerprint density at radius 1 is 1.04 bits per heavy atom. The molecule has 0 aliphatic carbocycles. The van der Waals surface area contributed by atoms with Crippen LogP contribution in [0.25, 0.3) is 0 Å². The summed E-state index contributed by atoms with van der Waals surface area (Å²) in [6, 6.07) is 0.851. The maximum Gasteiger partial charge on any atom is 0.223 e. The van der Waals surface area contributed by atoms with Crippen molar-refractivity contribution in [3.63, 3.8) is 0 Å². The number of amides is 2. The molecule has 0 atom stereocenters. The fourth-order valence-electron chi connectivity index (χ4n) is 3.48. The molecule has 2 fully saturated rings. The van der Waals surface area contributed by atoms with Crippen LogP contribution >= 0.6 is 0 Å². The van der Waals surface area contributed by atoms with Crippen molar-refractivity contribution in [1.82, 2.24) is 20.0 Å². The molecule has 0 saturated carbocycles. The first-order chi connectivity index (χ1) is 11.0. The molecule has 0 unspecified atom stereocenters. The molecule has 0 aromatic carbocycles. The van der Waals surface area contributed by atoms with Crippen molar-refractivity contribution in [3.05, 3.63) is 0 Å². The maximum atomic E-state index is 12.3. The van der Waals surface area contributed by atoms with Crippen LogP contribution in [0.15, 0.2) is 0 Å².